The largest absolute Gasteiger partial charge is 0.449 e. The fourth-order valence-corrected chi connectivity index (χ4v) is 4.60. The lowest BCUT2D eigenvalue weighted by atomic mass is 10.0. The molecule has 2 amide bonds. The molecular formula is C23H38N4O3. The molecule has 0 radical (unpaired) electrons. The molecule has 1 aromatic rings. The number of nitrogens with zero attached hydrogens (tertiary/aromatic N) is 2. The second-order valence-corrected chi connectivity index (χ2v) is 10.9. The molecule has 2 aliphatic carbocycles. The number of carbonyl (C=O) groups excluding carboxylic acids is 2. The van der Waals surface area contributed by atoms with Crippen molar-refractivity contribution in [2.24, 2.45) is 17.8 Å². The summed E-state index contributed by atoms with van der Waals surface area (Å²) in [5.41, 5.74) is 2.49. The van der Waals surface area contributed by atoms with Gasteiger partial charge in [0.05, 0.1) is 18.3 Å². The number of nitrogens with one attached hydrogen (secondary N) is 2. The molecule has 0 aromatic carbocycles. The maximum absolute atomic E-state index is 12.0. The second-order valence-electron chi connectivity index (χ2n) is 10.9. The summed E-state index contributed by atoms with van der Waals surface area (Å²) in [5.74, 6) is 1.67. The number of alkyl carbamates (subject to hydrolysis) is 1. The minimum atomic E-state index is -0.381. The molecule has 168 valence electrons. The average Bonchev–Trinajstić information content (AvgIpc) is 3.15. The van der Waals surface area contributed by atoms with Crippen LogP contribution >= 0.6 is 0 Å². The molecule has 0 spiro atoms. The highest BCUT2D eigenvalue weighted by Crippen LogP contribution is 2.53. The molecule has 2 N–H and O–H groups in total. The highest BCUT2D eigenvalue weighted by Gasteiger charge is 2.51. The van der Waals surface area contributed by atoms with Crippen LogP contribution in [0.4, 0.5) is 4.79 Å². The first-order chi connectivity index (χ1) is 14.0. The van der Waals surface area contributed by atoms with Gasteiger partial charge in [-0.15, -0.1) is 0 Å². The van der Waals surface area contributed by atoms with E-state index >= 15 is 0 Å². The number of aryl methyl sites for hydroxylation is 1. The summed E-state index contributed by atoms with van der Waals surface area (Å²) in [6, 6.07) is 0. The molecule has 0 bridgehead atoms. The molecule has 1 unspecified atom stereocenters. The first-order valence-corrected chi connectivity index (χ1v) is 11.2. The van der Waals surface area contributed by atoms with Crippen molar-refractivity contribution in [2.75, 3.05) is 13.2 Å². The predicted molar refractivity (Wildman–Crippen MR) is 116 cm³/mol. The molecule has 3 atom stereocenters. The Balaban J connectivity index is 1.38. The Morgan fingerprint density at radius 3 is 2.60 bits per heavy atom. The van der Waals surface area contributed by atoms with E-state index in [1.54, 1.807) is 0 Å². The van der Waals surface area contributed by atoms with Crippen LogP contribution in [0.2, 0.25) is 0 Å². The van der Waals surface area contributed by atoms with Crippen LogP contribution in [0.3, 0.4) is 0 Å². The van der Waals surface area contributed by atoms with Crippen molar-refractivity contribution in [3.63, 3.8) is 0 Å². The Bertz CT molecular complexity index is 772. The Morgan fingerprint density at radius 2 is 1.93 bits per heavy atom. The van der Waals surface area contributed by atoms with Gasteiger partial charge in [-0.2, -0.15) is 5.10 Å². The van der Waals surface area contributed by atoms with E-state index in [1.807, 2.05) is 27.0 Å². The van der Waals surface area contributed by atoms with Gasteiger partial charge in [0, 0.05) is 24.2 Å². The quantitative estimate of drug-likeness (QED) is 0.693. The van der Waals surface area contributed by atoms with Gasteiger partial charge >= 0.3 is 6.09 Å². The number of ether oxygens (including phenoxy) is 1. The smallest absolute Gasteiger partial charge is 0.407 e. The zero-order valence-electron chi connectivity index (χ0n) is 19.4. The maximum Gasteiger partial charge on any atom is 0.407 e. The SMILES string of the molecule is CC(C)(C)NC(=O)CCCNC(=O)OCC1[C@H]2Cc3c(cnn3C(C)(C)C)CC[C@@H]12. The molecular weight excluding hydrogens is 380 g/mol. The third-order valence-corrected chi connectivity index (χ3v) is 6.05. The van der Waals surface area contributed by atoms with Crippen LogP contribution < -0.4 is 10.6 Å². The van der Waals surface area contributed by atoms with Crippen LogP contribution in [0.15, 0.2) is 6.20 Å². The molecule has 7 nitrogen and oxygen atoms in total. The zero-order valence-corrected chi connectivity index (χ0v) is 19.4. The normalized spacial score (nSPS) is 23.1. The van der Waals surface area contributed by atoms with Gasteiger partial charge in [-0.05, 0) is 90.5 Å². The van der Waals surface area contributed by atoms with Gasteiger partial charge in [-0.3, -0.25) is 9.48 Å². The van der Waals surface area contributed by atoms with Crippen molar-refractivity contribution in [3.05, 3.63) is 17.5 Å². The lowest BCUT2D eigenvalue weighted by Gasteiger charge is -2.23. The van der Waals surface area contributed by atoms with Gasteiger partial charge in [-0.25, -0.2) is 4.79 Å². The number of hydrogen-bond donors (Lipinski definition) is 2. The molecule has 1 heterocycles. The molecule has 0 saturated heterocycles. The summed E-state index contributed by atoms with van der Waals surface area (Å²) in [5, 5.41) is 10.3. The van der Waals surface area contributed by atoms with E-state index < -0.39 is 0 Å². The topological polar surface area (TPSA) is 85.2 Å². The highest BCUT2D eigenvalue weighted by molar-refractivity contribution is 5.76. The van der Waals surface area contributed by atoms with E-state index in [-0.39, 0.29) is 23.1 Å². The predicted octanol–water partition coefficient (Wildman–Crippen LogP) is 3.41. The summed E-state index contributed by atoms with van der Waals surface area (Å²) < 4.78 is 7.65. The number of fused-ring (bicyclic) bond motifs is 2. The number of amides is 2. The molecule has 30 heavy (non-hydrogen) atoms. The van der Waals surface area contributed by atoms with Gasteiger partial charge < -0.3 is 15.4 Å². The van der Waals surface area contributed by atoms with E-state index in [2.05, 4.69) is 41.2 Å². The minimum Gasteiger partial charge on any atom is -0.449 e. The van der Waals surface area contributed by atoms with Gasteiger partial charge in [0.2, 0.25) is 5.91 Å². The van der Waals surface area contributed by atoms with E-state index in [4.69, 9.17) is 4.74 Å². The van der Waals surface area contributed by atoms with Crippen LogP contribution in [-0.2, 0) is 27.9 Å². The molecule has 1 aromatic heterocycles. The molecule has 3 rings (SSSR count). The minimum absolute atomic E-state index is 0.00431. The van der Waals surface area contributed by atoms with E-state index in [0.717, 1.165) is 19.3 Å². The number of carbonyl (C=O) groups is 2. The second kappa shape index (κ2) is 8.60. The molecule has 1 fully saturated rings. The first-order valence-electron chi connectivity index (χ1n) is 11.2. The highest BCUT2D eigenvalue weighted by atomic mass is 16.5. The van der Waals surface area contributed by atoms with Crippen LogP contribution in [0.5, 0.6) is 0 Å². The van der Waals surface area contributed by atoms with Gasteiger partial charge in [0.15, 0.2) is 0 Å². The molecule has 7 heteroatoms. The first kappa shape index (κ1) is 22.6. The maximum atomic E-state index is 12.0. The molecule has 2 aliphatic rings. The van der Waals surface area contributed by atoms with Crippen LogP contribution in [0.1, 0.15) is 72.1 Å². The number of hydrogen-bond acceptors (Lipinski definition) is 4. The van der Waals surface area contributed by atoms with Crippen molar-refractivity contribution in [1.29, 1.82) is 0 Å². The van der Waals surface area contributed by atoms with Crippen molar-refractivity contribution in [2.45, 2.75) is 84.7 Å². The Labute approximate surface area is 180 Å². The van der Waals surface area contributed by atoms with Crippen molar-refractivity contribution < 1.29 is 14.3 Å². The van der Waals surface area contributed by atoms with Crippen LogP contribution in [-0.4, -0.2) is 40.5 Å². The molecule has 1 saturated carbocycles. The monoisotopic (exact) mass is 418 g/mol. The van der Waals surface area contributed by atoms with Gasteiger partial charge in [0.1, 0.15) is 0 Å². The summed E-state index contributed by atoms with van der Waals surface area (Å²) in [6.07, 6.45) is 5.88. The van der Waals surface area contributed by atoms with Crippen LogP contribution in [0.25, 0.3) is 0 Å². The van der Waals surface area contributed by atoms with Crippen molar-refractivity contribution in [1.82, 2.24) is 20.4 Å². The van der Waals surface area contributed by atoms with E-state index in [0.29, 0.717) is 43.7 Å². The average molecular weight is 419 g/mol. The lowest BCUT2D eigenvalue weighted by Crippen LogP contribution is -2.40. The third-order valence-electron chi connectivity index (χ3n) is 6.05. The number of rotatable bonds is 6. The van der Waals surface area contributed by atoms with E-state index in [9.17, 15) is 9.59 Å². The molecule has 0 aliphatic heterocycles. The fourth-order valence-electron chi connectivity index (χ4n) is 4.60. The zero-order chi connectivity index (χ0) is 22.1. The van der Waals surface area contributed by atoms with Gasteiger partial charge in [0.25, 0.3) is 0 Å². The lowest BCUT2D eigenvalue weighted by molar-refractivity contribution is -0.122. The number of aromatic nitrogens is 2. The van der Waals surface area contributed by atoms with Crippen LogP contribution in [0, 0.1) is 17.8 Å². The summed E-state index contributed by atoms with van der Waals surface area (Å²) >= 11 is 0. The summed E-state index contributed by atoms with van der Waals surface area (Å²) in [6.45, 7) is 13.3. The Hall–Kier alpha value is -2.05. The Kier molecular flexibility index (Phi) is 6.48. The summed E-state index contributed by atoms with van der Waals surface area (Å²) in [7, 11) is 0. The fraction of sp³-hybridized carbons (Fsp3) is 0.783. The third kappa shape index (κ3) is 5.76. The summed E-state index contributed by atoms with van der Waals surface area (Å²) in [4.78, 5) is 23.8. The van der Waals surface area contributed by atoms with E-state index in [1.165, 1.54) is 11.3 Å². The Morgan fingerprint density at radius 1 is 1.20 bits per heavy atom. The van der Waals surface area contributed by atoms with Crippen molar-refractivity contribution >= 4 is 12.0 Å². The van der Waals surface area contributed by atoms with Gasteiger partial charge in [-0.1, -0.05) is 0 Å². The standard InChI is InChI=1S/C23H38N4O3/c1-22(2,3)26-20(28)8-7-11-24-21(29)30-14-18-16-10-9-15-13-25-27(23(4,5)6)19(15)12-17(16)18/h13,16-18H,7-12,14H2,1-6H3,(H,24,29)(H,26,28)/t16-,17+,18?/m1/s1. The van der Waals surface area contributed by atoms with Crippen molar-refractivity contribution in [3.8, 4) is 0 Å².